The topological polar surface area (TPSA) is 228 Å². The fourth-order valence-corrected chi connectivity index (χ4v) is 6.82. The number of nitrogens with zero attached hydrogens (tertiary/aromatic N) is 4. The zero-order chi connectivity index (χ0) is 32.5. The van der Waals surface area contributed by atoms with Crippen LogP contribution in [0, 0.1) is 0 Å². The van der Waals surface area contributed by atoms with Gasteiger partial charge >= 0.3 is 11.4 Å². The summed E-state index contributed by atoms with van der Waals surface area (Å²) in [5.74, 6) is -0.613. The SMILES string of the molecule is [N-]=[N+]=C1C=CC2=C(S(=O)(=O)OCCOCCOCCOCCOS(=O)(=O)C3=C4C=CC(=[N+]=[N-])C(O)=C4CC=C3)C=CCC2=C1O. The van der Waals surface area contributed by atoms with Crippen LogP contribution >= 0.6 is 0 Å². The van der Waals surface area contributed by atoms with Gasteiger partial charge in [-0.2, -0.15) is 26.4 Å². The van der Waals surface area contributed by atoms with Crippen LogP contribution in [0.2, 0.25) is 0 Å². The molecule has 0 aliphatic heterocycles. The summed E-state index contributed by atoms with van der Waals surface area (Å²) in [6.45, 7) is 0.126. The molecule has 0 saturated heterocycles. The van der Waals surface area contributed by atoms with Crippen molar-refractivity contribution in [3.63, 3.8) is 0 Å². The van der Waals surface area contributed by atoms with Gasteiger partial charge in [-0.25, -0.2) is 0 Å². The molecule has 0 saturated carbocycles. The van der Waals surface area contributed by atoms with Gasteiger partial charge in [-0.15, -0.1) is 0 Å². The van der Waals surface area contributed by atoms with Gasteiger partial charge in [-0.3, -0.25) is 8.37 Å². The van der Waals surface area contributed by atoms with Crippen molar-refractivity contribution in [3.05, 3.63) is 103 Å². The maximum Gasteiger partial charge on any atom is 0.356 e. The molecule has 0 atom stereocenters. The number of allylic oxidation sites excluding steroid dienone is 12. The third-order valence-electron chi connectivity index (χ3n) is 6.67. The number of fused-ring (bicyclic) bond motifs is 2. The first-order valence-corrected chi connectivity index (χ1v) is 16.4. The van der Waals surface area contributed by atoms with E-state index in [2.05, 4.69) is 9.58 Å². The summed E-state index contributed by atoms with van der Waals surface area (Å²) < 4.78 is 76.9. The number of rotatable bonds is 16. The lowest BCUT2D eigenvalue weighted by Crippen LogP contribution is -2.19. The predicted molar refractivity (Wildman–Crippen MR) is 159 cm³/mol. The Bertz CT molecular complexity index is 1650. The molecule has 0 bridgehead atoms. The standard InChI is InChI=1S/C28H30N4O11S2/c29-31-23-9-7-19-21(27(23)33)3-1-5-25(19)44(35,36)42-17-15-40-13-11-39-12-14-41-16-18-43-45(37,38)26-6-2-4-22-20(26)8-10-24(32-30)28(22)34/h1-2,5-10,33-34H,3-4,11-18H2. The largest absolute Gasteiger partial charge is 0.501 e. The Kier molecular flexibility index (Phi) is 11.5. The van der Waals surface area contributed by atoms with Crippen molar-refractivity contribution >= 4 is 31.7 Å². The van der Waals surface area contributed by atoms with Crippen molar-refractivity contribution in [1.82, 2.24) is 0 Å². The van der Waals surface area contributed by atoms with Crippen molar-refractivity contribution in [2.24, 2.45) is 0 Å². The van der Waals surface area contributed by atoms with E-state index in [-0.39, 0.29) is 110 Å². The molecule has 0 amide bonds. The van der Waals surface area contributed by atoms with E-state index in [1.54, 1.807) is 12.2 Å². The first-order valence-electron chi connectivity index (χ1n) is 13.6. The molecule has 45 heavy (non-hydrogen) atoms. The van der Waals surface area contributed by atoms with Crippen molar-refractivity contribution < 1.29 is 59.2 Å². The average Bonchev–Trinajstić information content (AvgIpc) is 3.03. The summed E-state index contributed by atoms with van der Waals surface area (Å²) in [6, 6.07) is 0. The Labute approximate surface area is 259 Å². The third kappa shape index (κ3) is 8.18. The van der Waals surface area contributed by atoms with Crippen LogP contribution in [-0.2, 0) is 42.8 Å². The second kappa shape index (κ2) is 15.3. The summed E-state index contributed by atoms with van der Waals surface area (Å²) in [6.07, 6.45) is 11.9. The summed E-state index contributed by atoms with van der Waals surface area (Å²) in [5.41, 5.74) is 18.9. The summed E-state index contributed by atoms with van der Waals surface area (Å²) in [5, 5.41) is 20.4. The van der Waals surface area contributed by atoms with Crippen LogP contribution in [-0.4, -0.2) is 101 Å². The quantitative estimate of drug-likeness (QED) is 0.105. The summed E-state index contributed by atoms with van der Waals surface area (Å²) >= 11 is 0. The molecule has 4 rings (SSSR count). The summed E-state index contributed by atoms with van der Waals surface area (Å²) in [4.78, 5) is 5.70. The third-order valence-corrected chi connectivity index (χ3v) is 9.41. The van der Waals surface area contributed by atoms with Gasteiger partial charge in [0.1, 0.15) is 9.81 Å². The summed E-state index contributed by atoms with van der Waals surface area (Å²) in [7, 11) is -8.31. The normalized spacial score (nSPS) is 18.0. The van der Waals surface area contributed by atoms with Crippen molar-refractivity contribution in [1.29, 1.82) is 0 Å². The number of hydrogen-bond donors (Lipinski definition) is 2. The molecule has 4 aliphatic carbocycles. The highest BCUT2D eigenvalue weighted by Crippen LogP contribution is 2.35. The lowest BCUT2D eigenvalue weighted by atomic mass is 9.91. The monoisotopic (exact) mass is 662 g/mol. The van der Waals surface area contributed by atoms with Crippen LogP contribution in [0.4, 0.5) is 0 Å². The molecule has 0 aromatic carbocycles. The minimum Gasteiger partial charge on any atom is -0.501 e. The Morgan fingerprint density at radius 1 is 0.578 bits per heavy atom. The van der Waals surface area contributed by atoms with Crippen LogP contribution in [0.1, 0.15) is 12.8 Å². The zero-order valence-electron chi connectivity index (χ0n) is 23.9. The smallest absolute Gasteiger partial charge is 0.356 e. The first kappa shape index (κ1) is 33.9. The minimum absolute atomic E-state index is 0.0292. The Balaban J connectivity index is 1.08. The Morgan fingerprint density at radius 2 is 0.933 bits per heavy atom. The van der Waals surface area contributed by atoms with Gasteiger partial charge in [0.05, 0.1) is 52.9 Å². The van der Waals surface area contributed by atoms with Gasteiger partial charge in [0, 0.05) is 34.4 Å². The predicted octanol–water partition coefficient (Wildman–Crippen LogP) is 2.26. The van der Waals surface area contributed by atoms with Crippen LogP contribution in [0.25, 0.3) is 11.1 Å². The van der Waals surface area contributed by atoms with Crippen molar-refractivity contribution in [2.45, 2.75) is 12.8 Å². The number of aliphatic hydroxyl groups is 2. The Hall–Kier alpha value is -4.02. The number of hydrogen-bond acceptors (Lipinski definition) is 11. The van der Waals surface area contributed by atoms with E-state index in [0.717, 1.165) is 0 Å². The van der Waals surface area contributed by atoms with Gasteiger partial charge in [0.15, 0.2) is 0 Å². The molecule has 2 N–H and O–H groups in total. The van der Waals surface area contributed by atoms with Gasteiger partial charge in [0.25, 0.3) is 20.2 Å². The van der Waals surface area contributed by atoms with E-state index < -0.39 is 20.2 Å². The number of aliphatic hydroxyl groups excluding tert-OH is 2. The van der Waals surface area contributed by atoms with Crippen molar-refractivity contribution in [3.8, 4) is 0 Å². The highest BCUT2D eigenvalue weighted by atomic mass is 32.2. The molecule has 0 radical (unpaired) electrons. The highest BCUT2D eigenvalue weighted by Gasteiger charge is 2.32. The van der Waals surface area contributed by atoms with Gasteiger partial charge in [-0.05, 0) is 37.1 Å². The van der Waals surface area contributed by atoms with Crippen LogP contribution in [0.15, 0.2) is 92.2 Å². The fourth-order valence-electron chi connectivity index (χ4n) is 4.54. The van der Waals surface area contributed by atoms with E-state index >= 15 is 0 Å². The van der Waals surface area contributed by atoms with Gasteiger partial charge in [0.2, 0.25) is 11.5 Å². The minimum atomic E-state index is -4.16. The van der Waals surface area contributed by atoms with Crippen LogP contribution < -0.4 is 0 Å². The first-order chi connectivity index (χ1) is 21.6. The van der Waals surface area contributed by atoms with Crippen LogP contribution in [0.5, 0.6) is 0 Å². The molecule has 4 aliphatic rings. The zero-order valence-corrected chi connectivity index (χ0v) is 25.5. The molecular formula is C28H30N4O11S2. The molecule has 0 heterocycles. The van der Waals surface area contributed by atoms with Crippen LogP contribution in [0.3, 0.4) is 0 Å². The molecule has 17 heteroatoms. The molecular weight excluding hydrogens is 632 g/mol. The average molecular weight is 663 g/mol. The van der Waals surface area contributed by atoms with E-state index in [0.29, 0.717) is 11.1 Å². The highest BCUT2D eigenvalue weighted by molar-refractivity contribution is 7.91. The molecule has 0 spiro atoms. The molecule has 0 aromatic rings. The van der Waals surface area contributed by atoms with Gasteiger partial charge < -0.3 is 35.5 Å². The molecule has 0 fully saturated rings. The molecule has 240 valence electrons. The molecule has 0 aromatic heterocycles. The second-order valence-corrected chi connectivity index (χ2v) is 12.6. The van der Waals surface area contributed by atoms with E-state index in [9.17, 15) is 27.0 Å². The Morgan fingerprint density at radius 3 is 1.29 bits per heavy atom. The maximum atomic E-state index is 12.7. The number of ether oxygens (including phenoxy) is 3. The van der Waals surface area contributed by atoms with Crippen molar-refractivity contribution in [2.75, 3.05) is 52.9 Å². The van der Waals surface area contributed by atoms with E-state index in [1.165, 1.54) is 36.5 Å². The van der Waals surface area contributed by atoms with E-state index in [1.807, 2.05) is 0 Å². The lowest BCUT2D eigenvalue weighted by Gasteiger charge is -2.19. The maximum absolute atomic E-state index is 12.7. The van der Waals surface area contributed by atoms with E-state index in [4.69, 9.17) is 33.6 Å². The molecule has 0 unspecified atom stereocenters. The lowest BCUT2D eigenvalue weighted by molar-refractivity contribution is -0.00631. The second-order valence-electron chi connectivity index (χ2n) is 9.45. The fraction of sp³-hybridized carbons (Fsp3) is 0.357. The van der Waals surface area contributed by atoms with Gasteiger partial charge in [-0.1, -0.05) is 12.2 Å². The molecule has 15 nitrogen and oxygen atoms in total.